The summed E-state index contributed by atoms with van der Waals surface area (Å²) in [6.07, 6.45) is 3.62. The van der Waals surface area contributed by atoms with Crippen LogP contribution in [0, 0.1) is 0 Å². The Balaban J connectivity index is 2.78. The van der Waals surface area contributed by atoms with Gasteiger partial charge in [0.05, 0.1) is 5.56 Å². The van der Waals surface area contributed by atoms with Gasteiger partial charge in [0.25, 0.3) is 0 Å². The number of hydrogen-bond donors (Lipinski definition) is 0. The molecule has 4 heteroatoms. The average molecular weight is 304 g/mol. The van der Waals surface area contributed by atoms with Gasteiger partial charge in [-0.25, -0.2) is 0 Å². The fourth-order valence-corrected chi connectivity index (χ4v) is 1.66. The van der Waals surface area contributed by atoms with Crippen molar-refractivity contribution in [2.75, 3.05) is 12.5 Å². The molecular formula is C12H12BrClO2. The molecule has 0 fully saturated rings. The number of benzene rings is 1. The highest BCUT2D eigenvalue weighted by Gasteiger charge is 2.08. The minimum absolute atomic E-state index is 0.0161. The van der Waals surface area contributed by atoms with Crippen molar-refractivity contribution in [3.05, 3.63) is 40.4 Å². The van der Waals surface area contributed by atoms with Crippen molar-refractivity contribution in [1.82, 2.24) is 0 Å². The molecule has 1 rings (SSSR count). The molecule has 2 nitrogen and oxygen atoms in total. The summed E-state index contributed by atoms with van der Waals surface area (Å²) in [4.78, 5) is 11.4. The summed E-state index contributed by atoms with van der Waals surface area (Å²) in [5.74, 6) is 1.04. The molecule has 0 saturated carbocycles. The van der Waals surface area contributed by atoms with E-state index in [0.717, 1.165) is 4.47 Å². The molecule has 16 heavy (non-hydrogen) atoms. The first-order valence-electron chi connectivity index (χ1n) is 4.79. The molecule has 86 valence electrons. The summed E-state index contributed by atoms with van der Waals surface area (Å²) in [7, 11) is 0. The van der Waals surface area contributed by atoms with Crippen LogP contribution in [-0.2, 0) is 0 Å². The zero-order chi connectivity index (χ0) is 12.0. The quantitative estimate of drug-likeness (QED) is 0.469. The third-order valence-electron chi connectivity index (χ3n) is 1.91. The van der Waals surface area contributed by atoms with Crippen LogP contribution in [0.5, 0.6) is 5.75 Å². The van der Waals surface area contributed by atoms with Gasteiger partial charge in [-0.15, -0.1) is 11.6 Å². The Labute approximate surface area is 108 Å². The van der Waals surface area contributed by atoms with Gasteiger partial charge in [-0.2, -0.15) is 0 Å². The molecule has 1 aromatic carbocycles. The van der Waals surface area contributed by atoms with E-state index < -0.39 is 0 Å². The third-order valence-corrected chi connectivity index (χ3v) is 2.58. The van der Waals surface area contributed by atoms with Crippen LogP contribution in [0.1, 0.15) is 17.3 Å². The number of alkyl halides is 1. The van der Waals surface area contributed by atoms with Gasteiger partial charge < -0.3 is 4.74 Å². The summed E-state index contributed by atoms with van der Waals surface area (Å²) in [6, 6.07) is 5.37. The fraction of sp³-hybridized carbons (Fsp3) is 0.250. The molecule has 0 radical (unpaired) electrons. The molecule has 0 aliphatic carbocycles. The third kappa shape index (κ3) is 3.99. The lowest BCUT2D eigenvalue weighted by atomic mass is 10.1. The number of rotatable bonds is 5. The van der Waals surface area contributed by atoms with E-state index in [1.165, 1.54) is 6.92 Å². The van der Waals surface area contributed by atoms with Crippen LogP contribution in [-0.4, -0.2) is 18.3 Å². The minimum Gasteiger partial charge on any atom is -0.489 e. The number of Topliss-reactive ketones (excluding diaryl/α,β-unsaturated/α-hetero) is 1. The van der Waals surface area contributed by atoms with Crippen LogP contribution in [0.2, 0.25) is 0 Å². The molecule has 0 N–H and O–H groups in total. The second kappa shape index (κ2) is 6.71. The first-order valence-corrected chi connectivity index (χ1v) is 6.12. The Hall–Kier alpha value is -0.800. The van der Waals surface area contributed by atoms with Crippen LogP contribution < -0.4 is 4.74 Å². The maximum absolute atomic E-state index is 11.4. The number of carbonyl (C=O) groups excluding carboxylic acids is 1. The molecule has 0 amide bonds. The lowest BCUT2D eigenvalue weighted by Crippen LogP contribution is -2.01. The monoisotopic (exact) mass is 302 g/mol. The Morgan fingerprint density at radius 1 is 1.50 bits per heavy atom. The standard InChI is InChI=1S/C12H12BrClO2/c1-9(15)11-8-10(13)4-5-12(11)16-7-3-2-6-14/h2-5,8H,6-7H2,1H3. The van der Waals surface area contributed by atoms with E-state index >= 15 is 0 Å². The van der Waals surface area contributed by atoms with E-state index in [1.807, 2.05) is 12.1 Å². The lowest BCUT2D eigenvalue weighted by molar-refractivity contribution is 0.101. The van der Waals surface area contributed by atoms with E-state index in [0.29, 0.717) is 23.8 Å². The lowest BCUT2D eigenvalue weighted by Gasteiger charge is -2.08. The van der Waals surface area contributed by atoms with Crippen molar-refractivity contribution in [2.45, 2.75) is 6.92 Å². The summed E-state index contributed by atoms with van der Waals surface area (Å²) in [5.41, 5.74) is 0.577. The van der Waals surface area contributed by atoms with Crippen molar-refractivity contribution in [3.63, 3.8) is 0 Å². The van der Waals surface area contributed by atoms with Crippen LogP contribution in [0.3, 0.4) is 0 Å². The molecule has 0 bridgehead atoms. The maximum atomic E-state index is 11.4. The van der Waals surface area contributed by atoms with Crippen molar-refractivity contribution in [3.8, 4) is 5.75 Å². The van der Waals surface area contributed by atoms with Crippen molar-refractivity contribution in [1.29, 1.82) is 0 Å². The Bertz CT molecular complexity index is 402. The normalized spacial score (nSPS) is 10.7. The molecule has 0 saturated heterocycles. The van der Waals surface area contributed by atoms with Crippen LogP contribution in [0.15, 0.2) is 34.8 Å². The minimum atomic E-state index is -0.0161. The van der Waals surface area contributed by atoms with Gasteiger partial charge in [0, 0.05) is 10.4 Å². The van der Waals surface area contributed by atoms with Gasteiger partial charge >= 0.3 is 0 Å². The number of allylic oxidation sites excluding steroid dienone is 1. The van der Waals surface area contributed by atoms with Gasteiger partial charge in [0.2, 0.25) is 0 Å². The fourth-order valence-electron chi connectivity index (χ4n) is 1.17. The zero-order valence-corrected chi connectivity index (χ0v) is 11.2. The molecule has 0 spiro atoms. The van der Waals surface area contributed by atoms with Crippen molar-refractivity contribution < 1.29 is 9.53 Å². The predicted octanol–water partition coefficient (Wildman–Crippen LogP) is 3.83. The number of ketones is 1. The molecule has 0 aromatic heterocycles. The number of hydrogen-bond acceptors (Lipinski definition) is 2. The zero-order valence-electron chi connectivity index (χ0n) is 8.87. The molecule has 1 aromatic rings. The van der Waals surface area contributed by atoms with Crippen LogP contribution in [0.25, 0.3) is 0 Å². The predicted molar refractivity (Wildman–Crippen MR) is 69.5 cm³/mol. The smallest absolute Gasteiger partial charge is 0.163 e. The largest absolute Gasteiger partial charge is 0.489 e. The summed E-state index contributed by atoms with van der Waals surface area (Å²) < 4.78 is 6.33. The molecule has 0 heterocycles. The number of halogens is 2. The van der Waals surface area contributed by atoms with E-state index in [4.69, 9.17) is 16.3 Å². The van der Waals surface area contributed by atoms with E-state index in [-0.39, 0.29) is 5.78 Å². The number of carbonyl (C=O) groups is 1. The van der Waals surface area contributed by atoms with E-state index in [1.54, 1.807) is 18.2 Å². The summed E-state index contributed by atoms with van der Waals surface area (Å²) in [5, 5.41) is 0. The number of ether oxygens (including phenoxy) is 1. The first kappa shape index (κ1) is 13.3. The molecular weight excluding hydrogens is 291 g/mol. The van der Waals surface area contributed by atoms with Gasteiger partial charge in [-0.3, -0.25) is 4.79 Å². The maximum Gasteiger partial charge on any atom is 0.163 e. The Kier molecular flexibility index (Phi) is 5.56. The van der Waals surface area contributed by atoms with Gasteiger partial charge in [-0.1, -0.05) is 28.1 Å². The van der Waals surface area contributed by atoms with Gasteiger partial charge in [0.1, 0.15) is 12.4 Å². The van der Waals surface area contributed by atoms with Crippen molar-refractivity contribution in [2.24, 2.45) is 0 Å². The average Bonchev–Trinajstić information content (AvgIpc) is 2.26. The van der Waals surface area contributed by atoms with Crippen molar-refractivity contribution >= 4 is 33.3 Å². The second-order valence-electron chi connectivity index (χ2n) is 3.13. The van der Waals surface area contributed by atoms with Gasteiger partial charge in [0.15, 0.2) is 5.78 Å². The molecule has 0 aliphatic rings. The van der Waals surface area contributed by atoms with Crippen LogP contribution in [0.4, 0.5) is 0 Å². The topological polar surface area (TPSA) is 26.3 Å². The summed E-state index contributed by atoms with van der Waals surface area (Å²) in [6.45, 7) is 1.93. The summed E-state index contributed by atoms with van der Waals surface area (Å²) >= 11 is 8.80. The van der Waals surface area contributed by atoms with E-state index in [2.05, 4.69) is 15.9 Å². The van der Waals surface area contributed by atoms with Gasteiger partial charge in [-0.05, 0) is 25.1 Å². The molecule has 0 unspecified atom stereocenters. The highest BCUT2D eigenvalue weighted by Crippen LogP contribution is 2.23. The van der Waals surface area contributed by atoms with E-state index in [9.17, 15) is 4.79 Å². The Morgan fingerprint density at radius 3 is 2.88 bits per heavy atom. The van der Waals surface area contributed by atoms with Crippen LogP contribution >= 0.6 is 27.5 Å². The Morgan fingerprint density at radius 2 is 2.25 bits per heavy atom. The highest BCUT2D eigenvalue weighted by atomic mass is 79.9. The second-order valence-corrected chi connectivity index (χ2v) is 4.36. The molecule has 0 aliphatic heterocycles. The highest BCUT2D eigenvalue weighted by molar-refractivity contribution is 9.10. The first-order chi connectivity index (χ1) is 7.65. The molecule has 0 atom stereocenters. The SMILES string of the molecule is CC(=O)c1cc(Br)ccc1OCC=CCCl.